The minimum Gasteiger partial charge on any atom is -0.355 e. The van der Waals surface area contributed by atoms with Crippen LogP contribution in [0.4, 0.5) is 0 Å². The number of carbonyl (C=O) groups is 2. The van der Waals surface area contributed by atoms with Crippen molar-refractivity contribution in [2.24, 2.45) is 0 Å². The molecule has 1 saturated heterocycles. The Kier molecular flexibility index (Phi) is 8.31. The van der Waals surface area contributed by atoms with Crippen LogP contribution >= 0.6 is 0 Å². The molecule has 0 bridgehead atoms. The molecule has 1 atom stereocenters. The second-order valence-electron chi connectivity index (χ2n) is 6.57. The van der Waals surface area contributed by atoms with E-state index in [2.05, 4.69) is 44.7 Å². The predicted octanol–water partition coefficient (Wildman–Crippen LogP) is 0.958. The maximum absolute atomic E-state index is 12.1. The molecular formula is C20H30N4O2. The number of amides is 2. The van der Waals surface area contributed by atoms with Gasteiger partial charge in [-0.05, 0) is 19.4 Å². The third kappa shape index (κ3) is 6.98. The zero-order chi connectivity index (χ0) is 18.8. The molecule has 0 aliphatic carbocycles. The highest BCUT2D eigenvalue weighted by atomic mass is 16.2. The van der Waals surface area contributed by atoms with Crippen molar-refractivity contribution in [1.29, 1.82) is 0 Å². The van der Waals surface area contributed by atoms with Crippen molar-refractivity contribution < 1.29 is 9.59 Å². The second kappa shape index (κ2) is 10.7. The lowest BCUT2D eigenvalue weighted by Crippen LogP contribution is -2.52. The van der Waals surface area contributed by atoms with Gasteiger partial charge in [-0.3, -0.25) is 19.4 Å². The molecule has 0 unspecified atom stereocenters. The fourth-order valence-electron chi connectivity index (χ4n) is 2.92. The molecule has 6 nitrogen and oxygen atoms in total. The van der Waals surface area contributed by atoms with Gasteiger partial charge in [0.25, 0.3) is 0 Å². The number of piperazine rings is 1. The van der Waals surface area contributed by atoms with E-state index < -0.39 is 6.04 Å². The van der Waals surface area contributed by atoms with Crippen LogP contribution in [0.25, 0.3) is 6.08 Å². The predicted molar refractivity (Wildman–Crippen MR) is 105 cm³/mol. The summed E-state index contributed by atoms with van der Waals surface area (Å²) in [4.78, 5) is 28.3. The van der Waals surface area contributed by atoms with Crippen LogP contribution in [-0.4, -0.2) is 73.5 Å². The third-order valence-corrected chi connectivity index (χ3v) is 4.43. The lowest BCUT2D eigenvalue weighted by Gasteiger charge is -2.33. The number of hydrogen-bond acceptors (Lipinski definition) is 4. The molecule has 0 radical (unpaired) electrons. The van der Waals surface area contributed by atoms with E-state index in [0.717, 1.165) is 32.7 Å². The molecule has 6 heteroatoms. The van der Waals surface area contributed by atoms with Gasteiger partial charge >= 0.3 is 0 Å². The zero-order valence-corrected chi connectivity index (χ0v) is 15.8. The molecule has 0 saturated carbocycles. The van der Waals surface area contributed by atoms with Gasteiger partial charge in [-0.1, -0.05) is 42.5 Å². The first-order valence-electron chi connectivity index (χ1n) is 9.32. The van der Waals surface area contributed by atoms with Crippen LogP contribution < -0.4 is 10.6 Å². The molecule has 1 heterocycles. The van der Waals surface area contributed by atoms with Gasteiger partial charge in [-0.15, -0.1) is 0 Å². The summed E-state index contributed by atoms with van der Waals surface area (Å²) >= 11 is 0. The van der Waals surface area contributed by atoms with Gasteiger partial charge in [-0.2, -0.15) is 0 Å². The minimum atomic E-state index is -0.494. The lowest BCUT2D eigenvalue weighted by atomic mass is 10.2. The molecule has 142 valence electrons. The van der Waals surface area contributed by atoms with E-state index in [1.54, 1.807) is 6.92 Å². The summed E-state index contributed by atoms with van der Waals surface area (Å²) in [5.41, 5.74) is 1.21. The Morgan fingerprint density at radius 3 is 2.42 bits per heavy atom. The summed E-state index contributed by atoms with van der Waals surface area (Å²) in [6, 6.07) is 9.78. The highest BCUT2D eigenvalue weighted by Gasteiger charge is 2.20. The van der Waals surface area contributed by atoms with Gasteiger partial charge in [0.05, 0.1) is 6.54 Å². The number of benzene rings is 1. The van der Waals surface area contributed by atoms with Crippen molar-refractivity contribution in [3.63, 3.8) is 0 Å². The van der Waals surface area contributed by atoms with Crippen molar-refractivity contribution in [1.82, 2.24) is 20.4 Å². The third-order valence-electron chi connectivity index (χ3n) is 4.43. The van der Waals surface area contributed by atoms with E-state index in [1.807, 2.05) is 25.1 Å². The molecule has 26 heavy (non-hydrogen) atoms. The molecule has 1 aliphatic heterocycles. The van der Waals surface area contributed by atoms with E-state index in [4.69, 9.17) is 0 Å². The van der Waals surface area contributed by atoms with E-state index >= 15 is 0 Å². The van der Waals surface area contributed by atoms with E-state index in [0.29, 0.717) is 13.1 Å². The van der Waals surface area contributed by atoms with Crippen LogP contribution in [0.15, 0.2) is 36.4 Å². The fourth-order valence-corrected chi connectivity index (χ4v) is 2.92. The Morgan fingerprint density at radius 1 is 1.12 bits per heavy atom. The van der Waals surface area contributed by atoms with Crippen molar-refractivity contribution in [2.75, 3.05) is 45.8 Å². The van der Waals surface area contributed by atoms with Crippen LogP contribution in [0.2, 0.25) is 0 Å². The van der Waals surface area contributed by atoms with E-state index in [9.17, 15) is 9.59 Å². The molecule has 1 aromatic rings. The van der Waals surface area contributed by atoms with E-state index in [-0.39, 0.29) is 11.8 Å². The van der Waals surface area contributed by atoms with Crippen LogP contribution in [0.3, 0.4) is 0 Å². The minimum absolute atomic E-state index is 0.0961. The van der Waals surface area contributed by atoms with Gasteiger partial charge < -0.3 is 10.6 Å². The van der Waals surface area contributed by atoms with Gasteiger partial charge in [0.1, 0.15) is 6.04 Å². The van der Waals surface area contributed by atoms with Crippen LogP contribution in [0.1, 0.15) is 19.4 Å². The second-order valence-corrected chi connectivity index (χ2v) is 6.57. The molecular weight excluding hydrogens is 328 g/mol. The van der Waals surface area contributed by atoms with Gasteiger partial charge in [0, 0.05) is 39.3 Å². The monoisotopic (exact) mass is 358 g/mol. The Hall–Kier alpha value is -2.18. The molecule has 1 aromatic carbocycles. The Balaban J connectivity index is 1.65. The van der Waals surface area contributed by atoms with Crippen molar-refractivity contribution in [3.8, 4) is 0 Å². The number of nitrogens with one attached hydrogen (secondary N) is 2. The van der Waals surface area contributed by atoms with Crippen LogP contribution in [-0.2, 0) is 9.59 Å². The normalized spacial score (nSPS) is 17.2. The SMILES string of the molecule is CCNC(=O)[C@@H](C)NC(=O)CN1CCN(C/C=C/c2ccccc2)CC1. The van der Waals surface area contributed by atoms with Crippen molar-refractivity contribution >= 4 is 17.9 Å². The maximum Gasteiger partial charge on any atom is 0.242 e. The van der Waals surface area contributed by atoms with Gasteiger partial charge in [0.2, 0.25) is 11.8 Å². The topological polar surface area (TPSA) is 64.7 Å². The highest BCUT2D eigenvalue weighted by molar-refractivity contribution is 5.87. The van der Waals surface area contributed by atoms with Crippen LogP contribution in [0, 0.1) is 0 Å². The first kappa shape index (κ1) is 20.1. The molecule has 2 amide bonds. The Morgan fingerprint density at radius 2 is 1.77 bits per heavy atom. The van der Waals surface area contributed by atoms with Crippen molar-refractivity contribution in [3.05, 3.63) is 42.0 Å². The smallest absolute Gasteiger partial charge is 0.242 e. The van der Waals surface area contributed by atoms with Gasteiger partial charge in [0.15, 0.2) is 0 Å². The molecule has 1 fully saturated rings. The molecule has 0 aromatic heterocycles. The standard InChI is InChI=1S/C20H30N4O2/c1-3-21-20(26)17(2)22-19(25)16-24-14-12-23(13-15-24)11-7-10-18-8-5-4-6-9-18/h4-10,17H,3,11-16H2,1-2H3,(H,21,26)(H,22,25)/b10-7+/t17-/m1/s1. The van der Waals surface area contributed by atoms with Crippen LogP contribution in [0.5, 0.6) is 0 Å². The average molecular weight is 358 g/mol. The van der Waals surface area contributed by atoms with Crippen molar-refractivity contribution in [2.45, 2.75) is 19.9 Å². The fraction of sp³-hybridized carbons (Fsp3) is 0.500. The highest BCUT2D eigenvalue weighted by Crippen LogP contribution is 2.04. The quantitative estimate of drug-likeness (QED) is 0.727. The summed E-state index contributed by atoms with van der Waals surface area (Å²) in [5, 5.41) is 5.47. The largest absolute Gasteiger partial charge is 0.355 e. The van der Waals surface area contributed by atoms with Gasteiger partial charge in [-0.25, -0.2) is 0 Å². The number of carbonyl (C=O) groups excluding carboxylic acids is 2. The first-order chi connectivity index (χ1) is 12.6. The average Bonchev–Trinajstić information content (AvgIpc) is 2.64. The van der Waals surface area contributed by atoms with E-state index in [1.165, 1.54) is 5.56 Å². The number of nitrogens with zero attached hydrogens (tertiary/aromatic N) is 2. The number of rotatable bonds is 8. The summed E-state index contributed by atoms with van der Waals surface area (Å²) in [6.07, 6.45) is 4.33. The Labute approximate surface area is 156 Å². The molecule has 1 aliphatic rings. The summed E-state index contributed by atoms with van der Waals surface area (Å²) < 4.78 is 0. The molecule has 0 spiro atoms. The zero-order valence-electron chi connectivity index (χ0n) is 15.8. The summed E-state index contributed by atoms with van der Waals surface area (Å²) in [7, 11) is 0. The Bertz CT molecular complexity index is 595. The maximum atomic E-state index is 12.1. The molecule has 2 rings (SSSR count). The number of hydrogen-bond donors (Lipinski definition) is 2. The number of likely N-dealkylation sites (N-methyl/N-ethyl adjacent to an activating group) is 1. The first-order valence-corrected chi connectivity index (χ1v) is 9.32. The summed E-state index contributed by atoms with van der Waals surface area (Å²) in [5.74, 6) is -0.239. The lowest BCUT2D eigenvalue weighted by molar-refractivity contribution is -0.129. The summed E-state index contributed by atoms with van der Waals surface area (Å²) in [6.45, 7) is 9.02. The molecule has 2 N–H and O–H groups in total.